The zero-order chi connectivity index (χ0) is 12.5. The van der Waals surface area contributed by atoms with Crippen LogP contribution in [0.2, 0.25) is 0 Å². The molecule has 0 fully saturated rings. The molecule has 0 atom stereocenters. The first-order chi connectivity index (χ1) is 7.94. The maximum atomic E-state index is 12.0. The van der Waals surface area contributed by atoms with Crippen LogP contribution >= 0.6 is 11.5 Å². The van der Waals surface area contributed by atoms with Crippen LogP contribution in [0.25, 0.3) is 11.4 Å². The minimum Gasteiger partial charge on any atom is -0.406 e. The summed E-state index contributed by atoms with van der Waals surface area (Å²) in [6, 6.07) is 5.40. The Bertz CT molecular complexity index is 526. The van der Waals surface area contributed by atoms with Gasteiger partial charge in [0.15, 0.2) is 11.0 Å². The first-order valence-corrected chi connectivity index (χ1v) is 5.17. The number of hydrogen-bond acceptors (Lipinski definition) is 5. The van der Waals surface area contributed by atoms with Gasteiger partial charge in [0, 0.05) is 17.1 Å². The van der Waals surface area contributed by atoms with Gasteiger partial charge < -0.3 is 10.5 Å². The topological polar surface area (TPSA) is 61.0 Å². The summed E-state index contributed by atoms with van der Waals surface area (Å²) in [7, 11) is 0. The molecule has 4 nitrogen and oxygen atoms in total. The van der Waals surface area contributed by atoms with Crippen molar-refractivity contribution in [1.29, 1.82) is 0 Å². The third-order valence-corrected chi connectivity index (χ3v) is 2.31. The van der Waals surface area contributed by atoms with Crippen molar-refractivity contribution in [3.05, 3.63) is 24.3 Å². The van der Waals surface area contributed by atoms with Crippen LogP contribution in [0.15, 0.2) is 24.3 Å². The molecule has 8 heteroatoms. The lowest BCUT2D eigenvalue weighted by molar-refractivity contribution is -0.274. The van der Waals surface area contributed by atoms with Gasteiger partial charge in [-0.2, -0.15) is 9.36 Å². The van der Waals surface area contributed by atoms with Crippen molar-refractivity contribution in [2.75, 3.05) is 5.73 Å². The van der Waals surface area contributed by atoms with Crippen molar-refractivity contribution in [1.82, 2.24) is 9.36 Å². The Labute approximate surface area is 98.0 Å². The summed E-state index contributed by atoms with van der Waals surface area (Å²) in [5.41, 5.74) is 5.81. The molecule has 0 saturated carbocycles. The van der Waals surface area contributed by atoms with Gasteiger partial charge in [0.2, 0.25) is 0 Å². The lowest BCUT2D eigenvalue weighted by atomic mass is 10.2. The van der Waals surface area contributed by atoms with E-state index in [0.29, 0.717) is 5.56 Å². The Morgan fingerprint density at radius 3 is 2.65 bits per heavy atom. The molecule has 2 rings (SSSR count). The molecule has 17 heavy (non-hydrogen) atoms. The monoisotopic (exact) mass is 261 g/mol. The summed E-state index contributed by atoms with van der Waals surface area (Å²) < 4.78 is 43.7. The second-order valence-electron chi connectivity index (χ2n) is 3.03. The highest BCUT2D eigenvalue weighted by Gasteiger charge is 2.31. The summed E-state index contributed by atoms with van der Waals surface area (Å²) in [5, 5.41) is 0.252. The number of nitrogen functional groups attached to an aromatic ring is 1. The lowest BCUT2D eigenvalue weighted by Gasteiger charge is -2.08. The molecule has 0 aliphatic carbocycles. The average Bonchev–Trinajstić information content (AvgIpc) is 2.63. The van der Waals surface area contributed by atoms with Gasteiger partial charge in [-0.05, 0) is 12.1 Å². The molecule has 1 heterocycles. The number of ether oxygens (including phenoxy) is 1. The van der Waals surface area contributed by atoms with Crippen molar-refractivity contribution < 1.29 is 17.9 Å². The molecule has 1 aromatic heterocycles. The van der Waals surface area contributed by atoms with Crippen LogP contribution in [0.5, 0.6) is 5.75 Å². The Morgan fingerprint density at radius 1 is 1.29 bits per heavy atom. The Balaban J connectivity index is 2.29. The molecule has 0 spiro atoms. The summed E-state index contributed by atoms with van der Waals surface area (Å²) in [6.45, 7) is 0. The van der Waals surface area contributed by atoms with Crippen LogP contribution in [0.4, 0.5) is 18.3 Å². The number of alkyl halides is 3. The third-order valence-electron chi connectivity index (χ3n) is 1.77. The van der Waals surface area contributed by atoms with Crippen molar-refractivity contribution in [3.63, 3.8) is 0 Å². The summed E-state index contributed by atoms with van der Waals surface area (Å²) in [6.07, 6.45) is -4.72. The number of benzene rings is 1. The number of rotatable bonds is 2. The second-order valence-corrected chi connectivity index (χ2v) is 3.82. The Kier molecular flexibility index (Phi) is 2.88. The molecule has 0 saturated heterocycles. The van der Waals surface area contributed by atoms with Crippen molar-refractivity contribution in [3.8, 4) is 17.1 Å². The van der Waals surface area contributed by atoms with Crippen molar-refractivity contribution >= 4 is 16.7 Å². The predicted octanol–water partition coefficient (Wildman–Crippen LogP) is 2.69. The molecule has 0 unspecified atom stereocenters. The van der Waals surface area contributed by atoms with Gasteiger partial charge in [0.1, 0.15) is 5.75 Å². The maximum absolute atomic E-state index is 12.0. The highest BCUT2D eigenvalue weighted by atomic mass is 32.1. The van der Waals surface area contributed by atoms with Gasteiger partial charge in [-0.3, -0.25) is 0 Å². The number of hydrogen-bond donors (Lipinski definition) is 1. The third kappa shape index (κ3) is 3.06. The van der Waals surface area contributed by atoms with Gasteiger partial charge in [-0.1, -0.05) is 12.1 Å². The number of anilines is 1. The molecule has 2 aromatic rings. The van der Waals surface area contributed by atoms with E-state index in [2.05, 4.69) is 14.1 Å². The Morgan fingerprint density at radius 2 is 2.06 bits per heavy atom. The van der Waals surface area contributed by atoms with Crippen LogP contribution < -0.4 is 10.5 Å². The standard InChI is InChI=1S/C9H6F3N3OS/c10-9(11,12)16-6-3-1-2-5(4-6)7-14-8(13)17-15-7/h1-4H,(H2,13,14,15). The van der Waals surface area contributed by atoms with Crippen molar-refractivity contribution in [2.45, 2.75) is 6.36 Å². The highest BCUT2D eigenvalue weighted by Crippen LogP contribution is 2.27. The van der Waals surface area contributed by atoms with E-state index in [0.717, 1.165) is 11.5 Å². The van der Waals surface area contributed by atoms with E-state index in [1.54, 1.807) is 6.07 Å². The van der Waals surface area contributed by atoms with Gasteiger partial charge in [0.05, 0.1) is 0 Å². The van der Waals surface area contributed by atoms with E-state index in [4.69, 9.17) is 5.73 Å². The van der Waals surface area contributed by atoms with Gasteiger partial charge in [-0.15, -0.1) is 13.2 Å². The van der Waals surface area contributed by atoms with Gasteiger partial charge >= 0.3 is 6.36 Å². The molecule has 0 aliphatic rings. The normalized spacial score (nSPS) is 11.5. The second kappa shape index (κ2) is 4.21. The largest absolute Gasteiger partial charge is 0.573 e. The van der Waals surface area contributed by atoms with E-state index in [1.807, 2.05) is 0 Å². The summed E-state index contributed by atoms with van der Waals surface area (Å²) in [4.78, 5) is 3.87. The van der Waals surface area contributed by atoms with Gasteiger partial charge in [0.25, 0.3) is 0 Å². The highest BCUT2D eigenvalue weighted by molar-refractivity contribution is 7.09. The fourth-order valence-electron chi connectivity index (χ4n) is 1.18. The molecule has 0 bridgehead atoms. The summed E-state index contributed by atoms with van der Waals surface area (Å²) in [5.74, 6) is -0.0384. The zero-order valence-corrected chi connectivity index (χ0v) is 9.05. The molecule has 90 valence electrons. The molecule has 0 aliphatic heterocycles. The van der Waals surface area contributed by atoms with Crippen molar-refractivity contribution in [2.24, 2.45) is 0 Å². The average molecular weight is 261 g/mol. The van der Waals surface area contributed by atoms with Crippen LogP contribution in [0.1, 0.15) is 0 Å². The van der Waals surface area contributed by atoms with Crippen LogP contribution in [-0.2, 0) is 0 Å². The first kappa shape index (κ1) is 11.6. The van der Waals surface area contributed by atoms with E-state index in [9.17, 15) is 13.2 Å². The first-order valence-electron chi connectivity index (χ1n) is 4.39. The number of aromatic nitrogens is 2. The van der Waals surface area contributed by atoms with Crippen LogP contribution in [0, 0.1) is 0 Å². The van der Waals surface area contributed by atoms with E-state index >= 15 is 0 Å². The van der Waals surface area contributed by atoms with E-state index in [1.165, 1.54) is 18.2 Å². The number of nitrogens with zero attached hydrogens (tertiary/aromatic N) is 2. The molecule has 1 aromatic carbocycles. The zero-order valence-electron chi connectivity index (χ0n) is 8.23. The minimum absolute atomic E-state index is 0.252. The molecule has 0 amide bonds. The number of nitrogens with two attached hydrogens (primary N) is 1. The molecule has 2 N–H and O–H groups in total. The number of halogens is 3. The van der Waals surface area contributed by atoms with Crippen LogP contribution in [0.3, 0.4) is 0 Å². The fourth-order valence-corrected chi connectivity index (χ4v) is 1.64. The quantitative estimate of drug-likeness (QED) is 0.902. The predicted molar refractivity (Wildman–Crippen MR) is 56.4 cm³/mol. The Hall–Kier alpha value is -1.83. The molecule has 0 radical (unpaired) electrons. The molecular weight excluding hydrogens is 255 g/mol. The SMILES string of the molecule is Nc1nc(-c2cccc(OC(F)(F)F)c2)ns1. The van der Waals surface area contributed by atoms with E-state index < -0.39 is 6.36 Å². The minimum atomic E-state index is -4.72. The lowest BCUT2D eigenvalue weighted by Crippen LogP contribution is -2.17. The van der Waals surface area contributed by atoms with Gasteiger partial charge in [-0.25, -0.2) is 0 Å². The maximum Gasteiger partial charge on any atom is 0.573 e. The fraction of sp³-hybridized carbons (Fsp3) is 0.111. The van der Waals surface area contributed by atoms with E-state index in [-0.39, 0.29) is 16.7 Å². The summed E-state index contributed by atoms with van der Waals surface area (Å²) >= 11 is 0.972. The van der Waals surface area contributed by atoms with Crippen LogP contribution in [-0.4, -0.2) is 15.7 Å². The smallest absolute Gasteiger partial charge is 0.406 e. The molecular formula is C9H6F3N3OS.